The average Bonchev–Trinajstić information content (AvgIpc) is 2.91. The minimum absolute atomic E-state index is 0.0562. The Morgan fingerprint density at radius 3 is 2.48 bits per heavy atom. The smallest absolute Gasteiger partial charge is 0.160 e. The van der Waals surface area contributed by atoms with Crippen molar-refractivity contribution in [3.8, 4) is 0 Å². The largest absolute Gasteiger partial charge is 0.480 e. The molecule has 0 aromatic carbocycles. The lowest BCUT2D eigenvalue weighted by atomic mass is 9.46. The van der Waals surface area contributed by atoms with Gasteiger partial charge in [0.1, 0.15) is 5.60 Å². The molecular formula is C23H35NOS2. The van der Waals surface area contributed by atoms with Crippen molar-refractivity contribution in [3.63, 3.8) is 0 Å². The highest BCUT2D eigenvalue weighted by atomic mass is 32.1. The zero-order chi connectivity index (χ0) is 19.0. The number of piperidine rings is 1. The lowest BCUT2D eigenvalue weighted by molar-refractivity contribution is -0.148. The van der Waals surface area contributed by atoms with Crippen molar-refractivity contribution in [3.05, 3.63) is 0 Å². The molecule has 0 N–H and O–H groups in total. The van der Waals surface area contributed by atoms with Crippen LogP contribution in [0, 0.1) is 28.6 Å². The number of likely N-dealkylation sites (tertiary alicyclic amines) is 1. The molecular weight excluding hydrogens is 370 g/mol. The summed E-state index contributed by atoms with van der Waals surface area (Å²) in [6.45, 7) is 5.18. The van der Waals surface area contributed by atoms with E-state index < -0.39 is 0 Å². The third kappa shape index (κ3) is 2.41. The summed E-state index contributed by atoms with van der Waals surface area (Å²) >= 11 is 11.2. The molecule has 0 bridgehead atoms. The van der Waals surface area contributed by atoms with Crippen LogP contribution < -0.4 is 0 Å². The Hall–Kier alpha value is -0.220. The standard InChI is InChI=1S/C23H35NOS2/c1-21-12-10-19(26)24(3)18(21)7-6-15-16(21)8-13-22(2)17(15)9-14-23(22)11-4-5-20(27)25-23/h15-18H,4-14H2,1-3H3/t15-,16+,17+,18-,21-,22+,23+/m1/s1. The lowest BCUT2D eigenvalue weighted by Gasteiger charge is -2.63. The SMILES string of the molecule is CN1C(=S)CC[C@]2(C)[C@H]3CC[C@@]4(C)[C@@H](CC[C@@]45CCCC(=S)O5)[C@@H]3CC[C@@H]12. The first-order chi connectivity index (χ1) is 12.8. The fourth-order valence-corrected chi connectivity index (χ4v) is 9.19. The molecule has 0 amide bonds. The molecule has 5 aliphatic rings. The van der Waals surface area contributed by atoms with Crippen molar-refractivity contribution in [1.82, 2.24) is 4.90 Å². The highest BCUT2D eigenvalue weighted by molar-refractivity contribution is 7.80. The van der Waals surface area contributed by atoms with Crippen molar-refractivity contribution in [1.29, 1.82) is 0 Å². The van der Waals surface area contributed by atoms with Crippen LogP contribution in [-0.4, -0.2) is 33.6 Å². The van der Waals surface area contributed by atoms with Crippen LogP contribution in [0.4, 0.5) is 0 Å². The van der Waals surface area contributed by atoms with E-state index in [9.17, 15) is 0 Å². The van der Waals surface area contributed by atoms with Crippen LogP contribution >= 0.6 is 24.4 Å². The second-order valence-corrected chi connectivity index (χ2v) is 11.7. The number of thiocarbonyl (C=S) groups is 2. The predicted octanol–water partition coefficient (Wildman–Crippen LogP) is 5.92. The third-order valence-corrected chi connectivity index (χ3v) is 10.9. The monoisotopic (exact) mass is 405 g/mol. The van der Waals surface area contributed by atoms with Gasteiger partial charge in [0.2, 0.25) is 0 Å². The number of fused-ring (bicyclic) bond motifs is 6. The van der Waals surface area contributed by atoms with Gasteiger partial charge in [0.05, 0.1) is 4.99 Å². The molecule has 7 atom stereocenters. The zero-order valence-electron chi connectivity index (χ0n) is 17.3. The Morgan fingerprint density at radius 2 is 1.70 bits per heavy atom. The van der Waals surface area contributed by atoms with Crippen molar-refractivity contribution < 1.29 is 4.74 Å². The first kappa shape index (κ1) is 18.8. The fourth-order valence-electron chi connectivity index (χ4n) is 8.66. The molecule has 150 valence electrons. The Balaban J connectivity index is 1.46. The minimum atomic E-state index is 0.0562. The molecule has 3 saturated carbocycles. The van der Waals surface area contributed by atoms with Gasteiger partial charge in [0, 0.05) is 24.9 Å². The molecule has 4 heteroatoms. The maximum absolute atomic E-state index is 6.56. The number of rotatable bonds is 0. The summed E-state index contributed by atoms with van der Waals surface area (Å²) in [7, 11) is 2.26. The van der Waals surface area contributed by atoms with E-state index in [0.29, 0.717) is 16.9 Å². The second-order valence-electron chi connectivity index (χ2n) is 10.8. The number of nitrogens with zero attached hydrogens (tertiary/aromatic N) is 1. The fraction of sp³-hybridized carbons (Fsp3) is 0.913. The summed E-state index contributed by atoms with van der Waals surface area (Å²) in [6.07, 6.45) is 13.9. The van der Waals surface area contributed by atoms with Crippen molar-refractivity contribution in [2.24, 2.45) is 28.6 Å². The van der Waals surface area contributed by atoms with Gasteiger partial charge in [0.15, 0.2) is 5.05 Å². The van der Waals surface area contributed by atoms with E-state index in [-0.39, 0.29) is 5.60 Å². The molecule has 2 heterocycles. The van der Waals surface area contributed by atoms with Crippen LogP contribution in [0.3, 0.4) is 0 Å². The van der Waals surface area contributed by atoms with E-state index in [4.69, 9.17) is 29.2 Å². The summed E-state index contributed by atoms with van der Waals surface area (Å²) in [5.74, 6) is 2.57. The Morgan fingerprint density at radius 1 is 0.926 bits per heavy atom. The Labute approximate surface area is 175 Å². The molecule has 2 saturated heterocycles. The van der Waals surface area contributed by atoms with Gasteiger partial charge in [-0.1, -0.05) is 26.1 Å². The highest BCUT2D eigenvalue weighted by Crippen LogP contribution is 2.69. The molecule has 27 heavy (non-hydrogen) atoms. The number of hydrogen-bond acceptors (Lipinski definition) is 3. The van der Waals surface area contributed by atoms with Crippen LogP contribution in [0.15, 0.2) is 0 Å². The minimum Gasteiger partial charge on any atom is -0.480 e. The van der Waals surface area contributed by atoms with E-state index >= 15 is 0 Å². The van der Waals surface area contributed by atoms with E-state index in [2.05, 4.69) is 25.8 Å². The van der Waals surface area contributed by atoms with Gasteiger partial charge in [-0.15, -0.1) is 0 Å². The topological polar surface area (TPSA) is 12.5 Å². The molecule has 1 spiro atoms. The van der Waals surface area contributed by atoms with Gasteiger partial charge in [-0.2, -0.15) is 0 Å². The molecule has 3 aliphatic carbocycles. The summed E-state index contributed by atoms with van der Waals surface area (Å²) in [5, 5.41) is 0.892. The molecule has 0 radical (unpaired) electrons. The van der Waals surface area contributed by atoms with Crippen LogP contribution in [-0.2, 0) is 4.74 Å². The number of ether oxygens (including phenoxy) is 1. The average molecular weight is 406 g/mol. The molecule has 0 unspecified atom stereocenters. The first-order valence-corrected chi connectivity index (χ1v) is 12.1. The Bertz CT molecular complexity index is 679. The predicted molar refractivity (Wildman–Crippen MR) is 118 cm³/mol. The highest BCUT2D eigenvalue weighted by Gasteiger charge is 2.66. The van der Waals surface area contributed by atoms with Crippen molar-refractivity contribution >= 4 is 34.5 Å². The normalized spacial score (nSPS) is 52.2. The molecule has 0 aromatic heterocycles. The zero-order valence-corrected chi connectivity index (χ0v) is 18.9. The van der Waals surface area contributed by atoms with E-state index in [0.717, 1.165) is 35.6 Å². The van der Waals surface area contributed by atoms with Crippen molar-refractivity contribution in [2.75, 3.05) is 7.05 Å². The molecule has 0 aromatic rings. The second kappa shape index (κ2) is 6.14. The van der Waals surface area contributed by atoms with Crippen LogP contribution in [0.1, 0.15) is 84.5 Å². The van der Waals surface area contributed by atoms with Gasteiger partial charge in [0.25, 0.3) is 0 Å². The molecule has 2 nitrogen and oxygen atoms in total. The van der Waals surface area contributed by atoms with Gasteiger partial charge < -0.3 is 9.64 Å². The van der Waals surface area contributed by atoms with E-state index in [1.54, 1.807) is 0 Å². The van der Waals surface area contributed by atoms with Gasteiger partial charge in [-0.3, -0.25) is 0 Å². The van der Waals surface area contributed by atoms with Gasteiger partial charge >= 0.3 is 0 Å². The number of hydrogen-bond donors (Lipinski definition) is 0. The lowest BCUT2D eigenvalue weighted by Crippen LogP contribution is -2.62. The van der Waals surface area contributed by atoms with Gasteiger partial charge in [-0.05, 0) is 99.6 Å². The van der Waals surface area contributed by atoms with Crippen molar-refractivity contribution in [2.45, 2.75) is 96.1 Å². The molecule has 2 aliphatic heterocycles. The summed E-state index contributed by atoms with van der Waals surface area (Å²) in [6, 6.07) is 0.665. The summed E-state index contributed by atoms with van der Waals surface area (Å²) in [4.78, 5) is 3.67. The Kier molecular flexibility index (Phi) is 4.27. The first-order valence-electron chi connectivity index (χ1n) is 11.3. The molecule has 5 fully saturated rings. The summed E-state index contributed by atoms with van der Waals surface area (Å²) < 4.78 is 6.56. The molecule has 5 rings (SSSR count). The van der Waals surface area contributed by atoms with Crippen LogP contribution in [0.5, 0.6) is 0 Å². The van der Waals surface area contributed by atoms with E-state index in [1.807, 2.05) is 0 Å². The maximum Gasteiger partial charge on any atom is 0.160 e. The van der Waals surface area contributed by atoms with E-state index in [1.165, 1.54) is 62.8 Å². The quantitative estimate of drug-likeness (QED) is 0.464. The summed E-state index contributed by atoms with van der Waals surface area (Å²) in [5.41, 5.74) is 0.831. The third-order valence-electron chi connectivity index (χ3n) is 10.1. The maximum atomic E-state index is 6.56. The van der Waals surface area contributed by atoms with Gasteiger partial charge in [-0.25, -0.2) is 0 Å². The van der Waals surface area contributed by atoms with Crippen LogP contribution in [0.25, 0.3) is 0 Å². The van der Waals surface area contributed by atoms with Crippen LogP contribution in [0.2, 0.25) is 0 Å².